The van der Waals surface area contributed by atoms with Gasteiger partial charge in [0, 0.05) is 19.3 Å². The van der Waals surface area contributed by atoms with Crippen LogP contribution in [0, 0.1) is 0 Å². The van der Waals surface area contributed by atoms with Crippen LogP contribution in [-0.4, -0.2) is 18.1 Å². The fraction of sp³-hybridized carbons (Fsp3) is 0.643. The molecule has 0 bridgehead atoms. The van der Waals surface area contributed by atoms with Gasteiger partial charge in [-0.3, -0.25) is 4.98 Å². The maximum absolute atomic E-state index is 4.37. The first-order valence-corrected chi connectivity index (χ1v) is 6.47. The molecule has 2 heterocycles. The molecule has 1 aromatic heterocycles. The van der Waals surface area contributed by atoms with Crippen molar-refractivity contribution in [2.45, 2.75) is 45.4 Å². The van der Waals surface area contributed by atoms with Gasteiger partial charge in [0.15, 0.2) is 0 Å². The summed E-state index contributed by atoms with van der Waals surface area (Å²) in [4.78, 5) is 6.86. The van der Waals surface area contributed by atoms with E-state index in [1.807, 2.05) is 12.4 Å². The van der Waals surface area contributed by atoms with Gasteiger partial charge in [0.1, 0.15) is 0 Å². The zero-order valence-corrected chi connectivity index (χ0v) is 10.4. The van der Waals surface area contributed by atoms with Crippen LogP contribution >= 0.6 is 0 Å². The summed E-state index contributed by atoms with van der Waals surface area (Å²) in [5.41, 5.74) is 2.66. The van der Waals surface area contributed by atoms with Gasteiger partial charge in [-0.15, -0.1) is 0 Å². The molecule has 0 unspecified atom stereocenters. The molecule has 0 radical (unpaired) electrons. The van der Waals surface area contributed by atoms with E-state index in [0.29, 0.717) is 5.92 Å². The van der Waals surface area contributed by atoms with Crippen LogP contribution in [-0.2, 0) is 0 Å². The number of pyridine rings is 1. The molecule has 2 heteroatoms. The first kappa shape index (κ1) is 11.4. The number of nitrogens with zero attached hydrogens (tertiary/aromatic N) is 2. The van der Waals surface area contributed by atoms with Crippen molar-refractivity contribution in [1.29, 1.82) is 0 Å². The second-order valence-corrected chi connectivity index (χ2v) is 5.03. The van der Waals surface area contributed by atoms with Gasteiger partial charge >= 0.3 is 0 Å². The van der Waals surface area contributed by atoms with E-state index in [4.69, 9.17) is 0 Å². The first-order chi connectivity index (χ1) is 7.77. The summed E-state index contributed by atoms with van der Waals surface area (Å²) in [6.07, 6.45) is 9.42. The van der Waals surface area contributed by atoms with E-state index in [1.54, 1.807) is 0 Å². The van der Waals surface area contributed by atoms with Crippen molar-refractivity contribution in [3.05, 3.63) is 24.0 Å². The van der Waals surface area contributed by atoms with Crippen molar-refractivity contribution >= 4 is 5.69 Å². The molecule has 0 amide bonds. The van der Waals surface area contributed by atoms with Crippen molar-refractivity contribution in [3.63, 3.8) is 0 Å². The average molecular weight is 218 g/mol. The van der Waals surface area contributed by atoms with Gasteiger partial charge in [0.25, 0.3) is 0 Å². The third kappa shape index (κ3) is 2.75. The van der Waals surface area contributed by atoms with Crippen molar-refractivity contribution in [2.24, 2.45) is 0 Å². The van der Waals surface area contributed by atoms with Crippen LogP contribution in [0.3, 0.4) is 0 Å². The van der Waals surface area contributed by atoms with Crippen molar-refractivity contribution < 1.29 is 0 Å². The van der Waals surface area contributed by atoms with E-state index in [-0.39, 0.29) is 0 Å². The van der Waals surface area contributed by atoms with Gasteiger partial charge in [0.2, 0.25) is 0 Å². The smallest absolute Gasteiger partial charge is 0.0555 e. The average Bonchev–Trinajstić information content (AvgIpc) is 2.57. The van der Waals surface area contributed by atoms with E-state index in [0.717, 1.165) is 0 Å². The Balaban J connectivity index is 2.15. The number of hydrogen-bond donors (Lipinski definition) is 0. The molecule has 2 rings (SSSR count). The summed E-state index contributed by atoms with van der Waals surface area (Å²) in [6.45, 7) is 6.85. The van der Waals surface area contributed by atoms with Crippen LogP contribution in [0.25, 0.3) is 0 Å². The Morgan fingerprint density at radius 2 is 1.75 bits per heavy atom. The molecule has 88 valence electrons. The summed E-state index contributed by atoms with van der Waals surface area (Å²) in [5, 5.41) is 0. The highest BCUT2D eigenvalue weighted by Gasteiger charge is 2.11. The lowest BCUT2D eigenvalue weighted by Crippen LogP contribution is -2.24. The topological polar surface area (TPSA) is 16.1 Å². The molecule has 1 aliphatic rings. The SMILES string of the molecule is CC(C)c1cncc(N2CCCCCC2)c1. The highest BCUT2D eigenvalue weighted by Crippen LogP contribution is 2.22. The monoisotopic (exact) mass is 218 g/mol. The Morgan fingerprint density at radius 1 is 1.06 bits per heavy atom. The van der Waals surface area contributed by atoms with Crippen LogP contribution in [0.2, 0.25) is 0 Å². The Bertz CT molecular complexity index is 325. The second-order valence-electron chi connectivity index (χ2n) is 5.03. The third-order valence-corrected chi connectivity index (χ3v) is 3.38. The zero-order valence-electron chi connectivity index (χ0n) is 10.4. The molecule has 1 fully saturated rings. The Kier molecular flexibility index (Phi) is 3.81. The van der Waals surface area contributed by atoms with Crippen LogP contribution in [0.4, 0.5) is 5.69 Å². The largest absolute Gasteiger partial charge is 0.370 e. The molecular formula is C14H22N2. The molecule has 0 saturated carbocycles. The number of anilines is 1. The van der Waals surface area contributed by atoms with E-state index >= 15 is 0 Å². The molecular weight excluding hydrogens is 196 g/mol. The highest BCUT2D eigenvalue weighted by molar-refractivity contribution is 5.46. The van der Waals surface area contributed by atoms with Gasteiger partial charge in [-0.25, -0.2) is 0 Å². The van der Waals surface area contributed by atoms with Gasteiger partial charge in [-0.05, 0) is 30.4 Å². The van der Waals surface area contributed by atoms with Gasteiger partial charge in [0.05, 0.1) is 11.9 Å². The van der Waals surface area contributed by atoms with Crippen LogP contribution < -0.4 is 4.90 Å². The third-order valence-electron chi connectivity index (χ3n) is 3.38. The number of aromatic nitrogens is 1. The number of rotatable bonds is 2. The fourth-order valence-corrected chi connectivity index (χ4v) is 2.26. The predicted octanol–water partition coefficient (Wildman–Crippen LogP) is 3.59. The van der Waals surface area contributed by atoms with Crippen LogP contribution in [0.15, 0.2) is 18.5 Å². The molecule has 2 nitrogen and oxygen atoms in total. The predicted molar refractivity (Wildman–Crippen MR) is 69.0 cm³/mol. The van der Waals surface area contributed by atoms with E-state index in [2.05, 4.69) is 29.8 Å². The molecule has 1 aromatic rings. The summed E-state index contributed by atoms with van der Waals surface area (Å²) in [5.74, 6) is 0.569. The number of hydrogen-bond acceptors (Lipinski definition) is 2. The van der Waals surface area contributed by atoms with Gasteiger partial charge < -0.3 is 4.90 Å². The van der Waals surface area contributed by atoms with Gasteiger partial charge in [-0.1, -0.05) is 26.7 Å². The fourth-order valence-electron chi connectivity index (χ4n) is 2.26. The summed E-state index contributed by atoms with van der Waals surface area (Å²) < 4.78 is 0. The minimum atomic E-state index is 0.569. The lowest BCUT2D eigenvalue weighted by atomic mass is 10.1. The summed E-state index contributed by atoms with van der Waals surface area (Å²) in [6, 6.07) is 2.31. The quantitative estimate of drug-likeness (QED) is 0.754. The summed E-state index contributed by atoms with van der Waals surface area (Å²) >= 11 is 0. The molecule has 16 heavy (non-hydrogen) atoms. The minimum Gasteiger partial charge on any atom is -0.370 e. The van der Waals surface area contributed by atoms with E-state index in [1.165, 1.54) is 50.0 Å². The van der Waals surface area contributed by atoms with E-state index in [9.17, 15) is 0 Å². The maximum atomic E-state index is 4.37. The zero-order chi connectivity index (χ0) is 11.4. The van der Waals surface area contributed by atoms with Crippen LogP contribution in [0.5, 0.6) is 0 Å². The molecule has 1 saturated heterocycles. The molecule has 0 N–H and O–H groups in total. The standard InChI is InChI=1S/C14H22N2/c1-12(2)13-9-14(11-15-10-13)16-7-5-3-4-6-8-16/h9-12H,3-8H2,1-2H3. The second kappa shape index (κ2) is 5.33. The molecule has 0 atom stereocenters. The lowest BCUT2D eigenvalue weighted by Gasteiger charge is -2.23. The van der Waals surface area contributed by atoms with Crippen molar-refractivity contribution in [3.8, 4) is 0 Å². The van der Waals surface area contributed by atoms with Gasteiger partial charge in [-0.2, -0.15) is 0 Å². The normalized spacial score (nSPS) is 17.6. The minimum absolute atomic E-state index is 0.569. The Labute approximate surface area is 98.7 Å². The van der Waals surface area contributed by atoms with Crippen molar-refractivity contribution in [2.75, 3.05) is 18.0 Å². The first-order valence-electron chi connectivity index (χ1n) is 6.47. The molecule has 0 aromatic carbocycles. The highest BCUT2D eigenvalue weighted by atomic mass is 15.1. The van der Waals surface area contributed by atoms with Crippen LogP contribution in [0.1, 0.15) is 51.0 Å². The maximum Gasteiger partial charge on any atom is 0.0555 e. The molecule has 0 spiro atoms. The van der Waals surface area contributed by atoms with E-state index < -0.39 is 0 Å². The Morgan fingerprint density at radius 3 is 2.38 bits per heavy atom. The molecule has 1 aliphatic heterocycles. The van der Waals surface area contributed by atoms with Crippen molar-refractivity contribution in [1.82, 2.24) is 4.98 Å². The molecule has 0 aliphatic carbocycles. The lowest BCUT2D eigenvalue weighted by molar-refractivity contribution is 0.726. The summed E-state index contributed by atoms with van der Waals surface area (Å²) in [7, 11) is 0. The Hall–Kier alpha value is -1.05.